The summed E-state index contributed by atoms with van der Waals surface area (Å²) in [7, 11) is 0. The molecule has 0 bridgehead atoms. The number of carbonyl (C=O) groups excluding carboxylic acids is 1. The first-order valence-electron chi connectivity index (χ1n) is 6.16. The first-order valence-corrected chi connectivity index (χ1v) is 6.16. The maximum absolute atomic E-state index is 13.5. The molecule has 0 aliphatic carbocycles. The zero-order valence-corrected chi connectivity index (χ0v) is 11.3. The Morgan fingerprint density at radius 3 is 2.76 bits per heavy atom. The van der Waals surface area contributed by atoms with Gasteiger partial charge >= 0.3 is 0 Å². The van der Waals surface area contributed by atoms with Crippen molar-refractivity contribution >= 4 is 11.6 Å². The number of anilines is 1. The van der Waals surface area contributed by atoms with E-state index in [4.69, 9.17) is 5.84 Å². The minimum absolute atomic E-state index is 0.0666. The van der Waals surface area contributed by atoms with Crippen LogP contribution < -0.4 is 16.6 Å². The number of pyridine rings is 1. The van der Waals surface area contributed by atoms with Gasteiger partial charge in [0.15, 0.2) is 0 Å². The molecule has 1 aromatic carbocycles. The number of amides is 1. The zero-order valence-electron chi connectivity index (χ0n) is 11.3. The van der Waals surface area contributed by atoms with Crippen LogP contribution in [0.5, 0.6) is 0 Å². The average Bonchev–Trinajstić information content (AvgIpc) is 2.45. The third kappa shape index (κ3) is 3.51. The first kappa shape index (κ1) is 14.9. The van der Waals surface area contributed by atoms with Crippen molar-refractivity contribution in [1.82, 2.24) is 10.3 Å². The number of rotatable bonds is 4. The molecule has 0 unspecified atom stereocenters. The van der Waals surface area contributed by atoms with Crippen molar-refractivity contribution in [3.05, 3.63) is 58.9 Å². The Hall–Kier alpha value is -2.54. The van der Waals surface area contributed by atoms with Crippen LogP contribution in [0.25, 0.3) is 0 Å². The molecule has 0 saturated heterocycles. The number of hydrogen-bond donors (Lipinski definition) is 3. The maximum atomic E-state index is 13.5. The number of hydrogen-bond acceptors (Lipinski definition) is 4. The molecule has 1 amide bonds. The topological polar surface area (TPSA) is 80.0 Å². The Balaban J connectivity index is 2.11. The molecule has 1 heterocycles. The second-order valence-electron chi connectivity index (χ2n) is 4.43. The quantitative estimate of drug-likeness (QED) is 0.594. The third-order valence-electron chi connectivity index (χ3n) is 2.90. The van der Waals surface area contributed by atoms with Crippen molar-refractivity contribution in [2.75, 3.05) is 5.43 Å². The molecular formula is C14H14F2N4O. The van der Waals surface area contributed by atoms with E-state index in [-0.39, 0.29) is 17.7 Å². The van der Waals surface area contributed by atoms with Crippen LogP contribution in [0.1, 0.15) is 21.6 Å². The van der Waals surface area contributed by atoms with Crippen LogP contribution in [0.4, 0.5) is 14.5 Å². The van der Waals surface area contributed by atoms with Crippen LogP contribution in [0.15, 0.2) is 30.5 Å². The highest BCUT2D eigenvalue weighted by atomic mass is 19.1. The number of nitrogens with zero attached hydrogens (tertiary/aromatic N) is 1. The highest BCUT2D eigenvalue weighted by molar-refractivity contribution is 5.99. The van der Waals surface area contributed by atoms with E-state index in [0.29, 0.717) is 11.4 Å². The van der Waals surface area contributed by atoms with Crippen molar-refractivity contribution in [1.29, 1.82) is 0 Å². The standard InChI is InChI=1S/C14H14F2N4O/c1-8-4-13(20-17)11(7-18-8)14(21)19-6-9-2-3-10(15)5-12(9)16/h2-5,7H,6,17H2,1H3,(H,18,20)(H,19,21). The number of carbonyl (C=O) groups is 1. The first-order chi connectivity index (χ1) is 10.0. The second-order valence-corrected chi connectivity index (χ2v) is 4.43. The molecule has 5 nitrogen and oxygen atoms in total. The second kappa shape index (κ2) is 6.27. The van der Waals surface area contributed by atoms with Crippen molar-refractivity contribution in [3.8, 4) is 0 Å². The van der Waals surface area contributed by atoms with E-state index in [0.717, 1.165) is 12.1 Å². The maximum Gasteiger partial charge on any atom is 0.255 e. The molecule has 0 radical (unpaired) electrons. The van der Waals surface area contributed by atoms with Gasteiger partial charge in [-0.3, -0.25) is 15.6 Å². The lowest BCUT2D eigenvalue weighted by Crippen LogP contribution is -2.25. The number of aromatic nitrogens is 1. The monoisotopic (exact) mass is 292 g/mol. The minimum atomic E-state index is -0.713. The number of benzene rings is 1. The summed E-state index contributed by atoms with van der Waals surface area (Å²) >= 11 is 0. The number of nitrogen functional groups attached to an aromatic ring is 1. The van der Waals surface area contributed by atoms with Gasteiger partial charge in [0, 0.05) is 30.1 Å². The lowest BCUT2D eigenvalue weighted by atomic mass is 10.1. The summed E-state index contributed by atoms with van der Waals surface area (Å²) in [4.78, 5) is 16.1. The molecule has 0 atom stereocenters. The Morgan fingerprint density at radius 1 is 1.33 bits per heavy atom. The van der Waals surface area contributed by atoms with Crippen molar-refractivity contribution in [3.63, 3.8) is 0 Å². The number of nitrogens with two attached hydrogens (primary N) is 1. The van der Waals surface area contributed by atoms with E-state index >= 15 is 0 Å². The van der Waals surface area contributed by atoms with Crippen molar-refractivity contribution in [2.24, 2.45) is 5.84 Å². The van der Waals surface area contributed by atoms with Gasteiger partial charge in [0.2, 0.25) is 0 Å². The molecule has 0 spiro atoms. The molecule has 0 aliphatic rings. The molecule has 7 heteroatoms. The molecule has 2 aromatic rings. The van der Waals surface area contributed by atoms with Crippen LogP contribution in [0.2, 0.25) is 0 Å². The normalized spacial score (nSPS) is 10.3. The van der Waals surface area contributed by atoms with Crippen LogP contribution in [-0.2, 0) is 6.54 Å². The van der Waals surface area contributed by atoms with Crippen molar-refractivity contribution in [2.45, 2.75) is 13.5 Å². The number of nitrogens with one attached hydrogen (secondary N) is 2. The Kier molecular flexibility index (Phi) is 4.44. The predicted octanol–water partition coefficient (Wildman–Crippen LogP) is 1.88. The van der Waals surface area contributed by atoms with E-state index in [9.17, 15) is 13.6 Å². The van der Waals surface area contributed by atoms with Gasteiger partial charge in [-0.05, 0) is 19.1 Å². The van der Waals surface area contributed by atoms with Gasteiger partial charge in [-0.1, -0.05) is 6.07 Å². The molecule has 0 aliphatic heterocycles. The summed E-state index contributed by atoms with van der Waals surface area (Å²) in [5, 5.41) is 2.53. The summed E-state index contributed by atoms with van der Waals surface area (Å²) in [6.07, 6.45) is 1.38. The smallest absolute Gasteiger partial charge is 0.255 e. The minimum Gasteiger partial charge on any atom is -0.348 e. The van der Waals surface area contributed by atoms with Crippen molar-refractivity contribution < 1.29 is 13.6 Å². The molecule has 1 aromatic heterocycles. The highest BCUT2D eigenvalue weighted by Gasteiger charge is 2.12. The summed E-state index contributed by atoms with van der Waals surface area (Å²) in [5.41, 5.74) is 3.95. The van der Waals surface area contributed by atoms with Gasteiger partial charge in [-0.15, -0.1) is 0 Å². The highest BCUT2D eigenvalue weighted by Crippen LogP contribution is 2.15. The Morgan fingerprint density at radius 2 is 2.10 bits per heavy atom. The van der Waals surface area contributed by atoms with Crippen LogP contribution >= 0.6 is 0 Å². The molecule has 21 heavy (non-hydrogen) atoms. The molecule has 2 rings (SSSR count). The fourth-order valence-corrected chi connectivity index (χ4v) is 1.80. The van der Waals surface area contributed by atoms with Crippen LogP contribution in [0, 0.1) is 18.6 Å². The van der Waals surface area contributed by atoms with E-state index in [1.807, 2.05) is 0 Å². The predicted molar refractivity (Wildman–Crippen MR) is 74.3 cm³/mol. The SMILES string of the molecule is Cc1cc(NN)c(C(=O)NCc2ccc(F)cc2F)cn1. The summed E-state index contributed by atoms with van der Waals surface area (Å²) < 4.78 is 26.3. The Labute approximate surface area is 120 Å². The van der Waals surface area contributed by atoms with E-state index < -0.39 is 17.5 Å². The molecule has 0 saturated carbocycles. The summed E-state index contributed by atoms with van der Waals surface area (Å²) in [6, 6.07) is 4.79. The number of hydrazine groups is 1. The molecule has 110 valence electrons. The molecule has 0 fully saturated rings. The fraction of sp³-hybridized carbons (Fsp3) is 0.143. The average molecular weight is 292 g/mol. The van der Waals surface area contributed by atoms with Gasteiger partial charge in [0.05, 0.1) is 11.3 Å². The van der Waals surface area contributed by atoms with Crippen LogP contribution in [-0.4, -0.2) is 10.9 Å². The summed E-state index contributed by atoms with van der Waals surface area (Å²) in [5.74, 6) is 3.51. The van der Waals surface area contributed by atoms with Gasteiger partial charge in [0.25, 0.3) is 5.91 Å². The van der Waals surface area contributed by atoms with Crippen LogP contribution in [0.3, 0.4) is 0 Å². The van der Waals surface area contributed by atoms with E-state index in [1.165, 1.54) is 12.3 Å². The lowest BCUT2D eigenvalue weighted by Gasteiger charge is -2.10. The van der Waals surface area contributed by atoms with Gasteiger partial charge < -0.3 is 10.7 Å². The van der Waals surface area contributed by atoms with E-state index in [1.54, 1.807) is 13.0 Å². The van der Waals surface area contributed by atoms with Gasteiger partial charge in [0.1, 0.15) is 11.6 Å². The summed E-state index contributed by atoms with van der Waals surface area (Å²) in [6.45, 7) is 1.69. The van der Waals surface area contributed by atoms with E-state index in [2.05, 4.69) is 15.7 Å². The number of halogens is 2. The van der Waals surface area contributed by atoms with Gasteiger partial charge in [-0.25, -0.2) is 8.78 Å². The van der Waals surface area contributed by atoms with Gasteiger partial charge in [-0.2, -0.15) is 0 Å². The zero-order chi connectivity index (χ0) is 15.4. The fourth-order valence-electron chi connectivity index (χ4n) is 1.80. The lowest BCUT2D eigenvalue weighted by molar-refractivity contribution is 0.0951. The third-order valence-corrected chi connectivity index (χ3v) is 2.90. The molecule has 4 N–H and O–H groups in total. The Bertz CT molecular complexity index is 676. The largest absolute Gasteiger partial charge is 0.348 e. The number of aryl methyl sites for hydroxylation is 1. The molecular weight excluding hydrogens is 278 g/mol.